The van der Waals surface area contributed by atoms with Crippen molar-refractivity contribution in [1.82, 2.24) is 4.31 Å². The molecule has 0 radical (unpaired) electrons. The monoisotopic (exact) mass is 453 g/mol. The molecule has 0 bridgehead atoms. The van der Waals surface area contributed by atoms with Crippen LogP contribution in [0.1, 0.15) is 44.1 Å². The van der Waals surface area contributed by atoms with E-state index in [9.17, 15) is 13.2 Å². The van der Waals surface area contributed by atoms with Crippen LogP contribution in [0.25, 0.3) is 0 Å². The number of hydrogen-bond acceptors (Lipinski definition) is 5. The number of carbonyl (C=O) groups is 1. The summed E-state index contributed by atoms with van der Waals surface area (Å²) in [5.41, 5.74) is 1.11. The van der Waals surface area contributed by atoms with E-state index in [4.69, 9.17) is 10.00 Å². The molecule has 2 aromatic rings. The number of nitrogens with zero attached hydrogens (tertiary/aromatic N) is 2. The summed E-state index contributed by atoms with van der Waals surface area (Å²) in [4.78, 5) is 12.9. The number of piperidine rings is 1. The number of sulfonamides is 1. The highest BCUT2D eigenvalue weighted by molar-refractivity contribution is 7.89. The standard InChI is InChI=1S/C24H27N3O4S/c25-17-18-8-10-23(11-9-18)32(29,30)27-14-12-19(13-15-27)24(28)26-20-4-3-7-22(16-20)31-21-5-1-2-6-21/h3-4,7-11,16,19,21H,1-2,5-6,12-15H2,(H,26,28). The summed E-state index contributed by atoms with van der Waals surface area (Å²) in [5.74, 6) is 0.415. The van der Waals surface area contributed by atoms with Crippen molar-refractivity contribution in [3.63, 3.8) is 0 Å². The number of nitriles is 1. The van der Waals surface area contributed by atoms with E-state index in [0.29, 0.717) is 24.1 Å². The van der Waals surface area contributed by atoms with Crippen LogP contribution in [0.4, 0.5) is 5.69 Å². The van der Waals surface area contributed by atoms with Gasteiger partial charge < -0.3 is 10.1 Å². The minimum Gasteiger partial charge on any atom is -0.490 e. The van der Waals surface area contributed by atoms with Gasteiger partial charge in [-0.05, 0) is 74.9 Å². The first-order valence-corrected chi connectivity index (χ1v) is 12.5. The van der Waals surface area contributed by atoms with Gasteiger partial charge in [-0.3, -0.25) is 4.79 Å². The van der Waals surface area contributed by atoms with Crippen molar-refractivity contribution in [2.75, 3.05) is 18.4 Å². The van der Waals surface area contributed by atoms with Crippen molar-refractivity contribution in [1.29, 1.82) is 5.26 Å². The molecule has 168 valence electrons. The quantitative estimate of drug-likeness (QED) is 0.715. The van der Waals surface area contributed by atoms with Crippen LogP contribution in [0, 0.1) is 17.2 Å². The van der Waals surface area contributed by atoms with Gasteiger partial charge in [-0.1, -0.05) is 6.07 Å². The number of ether oxygens (including phenoxy) is 1. The molecule has 2 fully saturated rings. The van der Waals surface area contributed by atoms with Crippen molar-refractivity contribution < 1.29 is 17.9 Å². The van der Waals surface area contributed by atoms with Gasteiger partial charge in [0.05, 0.1) is 22.6 Å². The third kappa shape index (κ3) is 5.12. The van der Waals surface area contributed by atoms with Gasteiger partial charge in [-0.25, -0.2) is 8.42 Å². The molecule has 1 saturated carbocycles. The van der Waals surface area contributed by atoms with Gasteiger partial charge in [0.1, 0.15) is 5.75 Å². The summed E-state index contributed by atoms with van der Waals surface area (Å²) in [6.45, 7) is 0.566. The Labute approximate surface area is 189 Å². The van der Waals surface area contributed by atoms with Crippen LogP contribution >= 0.6 is 0 Å². The molecule has 0 spiro atoms. The normalized spacial score (nSPS) is 18.2. The first-order chi connectivity index (χ1) is 15.5. The van der Waals surface area contributed by atoms with Gasteiger partial charge in [-0.15, -0.1) is 0 Å². The maximum Gasteiger partial charge on any atom is 0.243 e. The highest BCUT2D eigenvalue weighted by Gasteiger charge is 2.32. The molecule has 0 atom stereocenters. The molecule has 0 unspecified atom stereocenters. The zero-order valence-electron chi connectivity index (χ0n) is 17.9. The maximum atomic E-state index is 12.9. The average molecular weight is 454 g/mol. The molecule has 8 heteroatoms. The molecule has 2 aromatic carbocycles. The van der Waals surface area contributed by atoms with Crippen molar-refractivity contribution in [2.24, 2.45) is 5.92 Å². The molecular weight excluding hydrogens is 426 g/mol. The minimum absolute atomic E-state index is 0.0987. The van der Waals surface area contributed by atoms with E-state index in [-0.39, 0.29) is 35.9 Å². The molecule has 1 heterocycles. The maximum absolute atomic E-state index is 12.9. The second-order valence-electron chi connectivity index (χ2n) is 8.36. The summed E-state index contributed by atoms with van der Waals surface area (Å²) >= 11 is 0. The van der Waals surface area contributed by atoms with Gasteiger partial charge in [0, 0.05) is 30.8 Å². The van der Waals surface area contributed by atoms with Crippen molar-refractivity contribution in [3.8, 4) is 11.8 Å². The Morgan fingerprint density at radius 1 is 1.03 bits per heavy atom. The predicted molar refractivity (Wildman–Crippen MR) is 121 cm³/mol. The molecule has 1 amide bonds. The molecule has 2 aliphatic rings. The fraction of sp³-hybridized carbons (Fsp3) is 0.417. The van der Waals surface area contributed by atoms with Crippen LogP contribution in [0.15, 0.2) is 53.4 Å². The number of hydrogen-bond donors (Lipinski definition) is 1. The lowest BCUT2D eigenvalue weighted by molar-refractivity contribution is -0.120. The number of nitrogens with one attached hydrogen (secondary N) is 1. The molecular formula is C24H27N3O4S. The van der Waals surface area contributed by atoms with Crippen LogP contribution in [0.3, 0.4) is 0 Å². The van der Waals surface area contributed by atoms with Crippen molar-refractivity contribution >= 4 is 21.6 Å². The van der Waals surface area contributed by atoms with Crippen molar-refractivity contribution in [3.05, 3.63) is 54.1 Å². The molecule has 4 rings (SSSR count). The molecule has 1 N–H and O–H groups in total. The molecule has 1 saturated heterocycles. The summed E-state index contributed by atoms with van der Waals surface area (Å²) < 4.78 is 33.1. The van der Waals surface area contributed by atoms with Crippen molar-refractivity contribution in [2.45, 2.75) is 49.5 Å². The first-order valence-electron chi connectivity index (χ1n) is 11.0. The average Bonchev–Trinajstić information content (AvgIpc) is 3.32. The van der Waals surface area contributed by atoms with Crippen LogP contribution in [-0.2, 0) is 14.8 Å². The Hall–Kier alpha value is -2.89. The number of anilines is 1. The number of rotatable bonds is 6. The highest BCUT2D eigenvalue weighted by atomic mass is 32.2. The largest absolute Gasteiger partial charge is 0.490 e. The van der Waals surface area contributed by atoms with Crippen LogP contribution in [0.2, 0.25) is 0 Å². The summed E-state index contributed by atoms with van der Waals surface area (Å²) in [6, 6.07) is 15.3. The topological polar surface area (TPSA) is 99.5 Å². The van der Waals surface area contributed by atoms with E-state index in [1.54, 1.807) is 0 Å². The fourth-order valence-corrected chi connectivity index (χ4v) is 5.77. The lowest BCUT2D eigenvalue weighted by Gasteiger charge is -2.30. The summed E-state index contributed by atoms with van der Waals surface area (Å²) in [7, 11) is -3.64. The zero-order valence-corrected chi connectivity index (χ0v) is 18.7. The lowest BCUT2D eigenvalue weighted by atomic mass is 9.97. The van der Waals surface area contributed by atoms with E-state index < -0.39 is 10.0 Å². The van der Waals surface area contributed by atoms with Gasteiger partial charge >= 0.3 is 0 Å². The van der Waals surface area contributed by atoms with E-state index in [1.165, 1.54) is 41.4 Å². The molecule has 0 aromatic heterocycles. The molecule has 1 aliphatic heterocycles. The highest BCUT2D eigenvalue weighted by Crippen LogP contribution is 2.28. The van der Waals surface area contributed by atoms with E-state index >= 15 is 0 Å². The number of amides is 1. The Bertz CT molecular complexity index is 1090. The van der Waals surface area contributed by atoms with E-state index in [0.717, 1.165) is 18.6 Å². The van der Waals surface area contributed by atoms with E-state index in [2.05, 4.69) is 5.32 Å². The fourth-order valence-electron chi connectivity index (χ4n) is 4.30. The Balaban J connectivity index is 1.33. The molecule has 1 aliphatic carbocycles. The van der Waals surface area contributed by atoms with Crippen LogP contribution in [-0.4, -0.2) is 37.8 Å². The summed E-state index contributed by atoms with van der Waals surface area (Å²) in [6.07, 6.45) is 5.70. The second kappa shape index (κ2) is 9.72. The first kappa shape index (κ1) is 22.3. The van der Waals surface area contributed by atoms with E-state index in [1.807, 2.05) is 30.3 Å². The Morgan fingerprint density at radius 2 is 1.72 bits per heavy atom. The van der Waals surface area contributed by atoms with Crippen LogP contribution < -0.4 is 10.1 Å². The zero-order chi connectivity index (χ0) is 22.6. The van der Waals surface area contributed by atoms with Gasteiger partial charge in [0.15, 0.2) is 0 Å². The summed E-state index contributed by atoms with van der Waals surface area (Å²) in [5, 5.41) is 11.8. The third-order valence-corrected chi connectivity index (χ3v) is 8.07. The number of carbonyl (C=O) groups excluding carboxylic acids is 1. The smallest absolute Gasteiger partial charge is 0.243 e. The SMILES string of the molecule is N#Cc1ccc(S(=O)(=O)N2CCC(C(=O)Nc3cccc(OC4CCCC4)c3)CC2)cc1. The van der Waals surface area contributed by atoms with Gasteiger partial charge in [0.2, 0.25) is 15.9 Å². The second-order valence-corrected chi connectivity index (χ2v) is 10.3. The molecule has 7 nitrogen and oxygen atoms in total. The Morgan fingerprint density at radius 3 is 2.38 bits per heavy atom. The number of benzene rings is 2. The van der Waals surface area contributed by atoms with Gasteiger partial charge in [-0.2, -0.15) is 9.57 Å². The predicted octanol–water partition coefficient (Wildman–Crippen LogP) is 3.92. The minimum atomic E-state index is -3.64. The molecule has 32 heavy (non-hydrogen) atoms. The Kier molecular flexibility index (Phi) is 6.77. The van der Waals surface area contributed by atoms with Crippen LogP contribution in [0.5, 0.6) is 5.75 Å². The lowest BCUT2D eigenvalue weighted by Crippen LogP contribution is -2.41. The third-order valence-electron chi connectivity index (χ3n) is 6.15. The van der Waals surface area contributed by atoms with Gasteiger partial charge in [0.25, 0.3) is 0 Å².